The number of hydrogen-bond acceptors (Lipinski definition) is 5. The van der Waals surface area contributed by atoms with Gasteiger partial charge in [-0.2, -0.15) is 0 Å². The molecule has 178 valence electrons. The quantitative estimate of drug-likeness (QED) is 0.449. The molecule has 0 fully saturated rings. The average molecular weight is 463 g/mol. The van der Waals surface area contributed by atoms with E-state index in [9.17, 15) is 13.5 Å². The number of rotatable bonds is 14. The van der Waals surface area contributed by atoms with Crippen LogP contribution in [0, 0.1) is 6.92 Å². The Morgan fingerprint density at radius 3 is 1.97 bits per heavy atom. The third-order valence-corrected chi connectivity index (χ3v) is 7.28. The topological polar surface area (TPSA) is 70.1 Å². The molecule has 0 radical (unpaired) electrons. The molecular formula is C25H38N2O4S. The summed E-state index contributed by atoms with van der Waals surface area (Å²) in [6.45, 7) is 8.44. The first-order chi connectivity index (χ1) is 15.3. The number of sulfonamides is 1. The van der Waals surface area contributed by atoms with Crippen molar-refractivity contribution in [2.45, 2.75) is 57.5 Å². The molecule has 1 unspecified atom stereocenters. The third kappa shape index (κ3) is 7.50. The molecule has 0 saturated carbocycles. The van der Waals surface area contributed by atoms with E-state index in [2.05, 4.69) is 18.7 Å². The molecule has 0 heterocycles. The fourth-order valence-corrected chi connectivity index (χ4v) is 5.04. The summed E-state index contributed by atoms with van der Waals surface area (Å²) in [5.41, 5.74) is 1.49. The molecule has 0 aliphatic carbocycles. The molecule has 0 aliphatic rings. The van der Waals surface area contributed by atoms with Crippen molar-refractivity contribution in [2.75, 3.05) is 37.6 Å². The lowest BCUT2D eigenvalue weighted by molar-refractivity contribution is 0.117. The summed E-state index contributed by atoms with van der Waals surface area (Å²) in [5, 5.41) is 10.9. The Morgan fingerprint density at radius 2 is 1.47 bits per heavy atom. The number of benzene rings is 2. The molecule has 6 nitrogen and oxygen atoms in total. The number of aliphatic hydroxyl groups excluding tert-OH is 1. The van der Waals surface area contributed by atoms with Crippen molar-refractivity contribution in [1.29, 1.82) is 0 Å². The van der Waals surface area contributed by atoms with E-state index < -0.39 is 16.1 Å². The van der Waals surface area contributed by atoms with Gasteiger partial charge in [0.25, 0.3) is 10.0 Å². The number of aliphatic hydroxyl groups is 1. The van der Waals surface area contributed by atoms with Crippen LogP contribution in [0.3, 0.4) is 0 Å². The van der Waals surface area contributed by atoms with E-state index in [0.29, 0.717) is 18.0 Å². The summed E-state index contributed by atoms with van der Waals surface area (Å²) in [6, 6.07) is 13.7. The fraction of sp³-hybridized carbons (Fsp3) is 0.520. The van der Waals surface area contributed by atoms with Gasteiger partial charge >= 0.3 is 0 Å². The van der Waals surface area contributed by atoms with Crippen molar-refractivity contribution in [3.05, 3.63) is 54.1 Å². The van der Waals surface area contributed by atoms with Crippen molar-refractivity contribution in [3.8, 4) is 5.75 Å². The van der Waals surface area contributed by atoms with Gasteiger partial charge in [-0.05, 0) is 69.3 Å². The van der Waals surface area contributed by atoms with Crippen LogP contribution in [-0.4, -0.2) is 57.8 Å². The lowest BCUT2D eigenvalue weighted by Gasteiger charge is -2.30. The molecule has 7 heteroatoms. The predicted molar refractivity (Wildman–Crippen MR) is 131 cm³/mol. The van der Waals surface area contributed by atoms with Crippen LogP contribution >= 0.6 is 0 Å². The first-order valence-electron chi connectivity index (χ1n) is 11.5. The minimum Gasteiger partial charge on any atom is -0.497 e. The summed E-state index contributed by atoms with van der Waals surface area (Å²) >= 11 is 0. The second-order valence-electron chi connectivity index (χ2n) is 8.21. The maximum atomic E-state index is 13.5. The Morgan fingerprint density at radius 1 is 0.906 bits per heavy atom. The van der Waals surface area contributed by atoms with Crippen molar-refractivity contribution >= 4 is 15.7 Å². The maximum Gasteiger partial charge on any atom is 0.264 e. The monoisotopic (exact) mass is 462 g/mol. The number of methoxy groups -OCH3 is 1. The average Bonchev–Trinajstić information content (AvgIpc) is 2.79. The highest BCUT2D eigenvalue weighted by Crippen LogP contribution is 2.26. The van der Waals surface area contributed by atoms with Crippen molar-refractivity contribution in [1.82, 2.24) is 4.90 Å². The number of anilines is 1. The van der Waals surface area contributed by atoms with E-state index in [1.165, 1.54) is 4.31 Å². The maximum absolute atomic E-state index is 13.5. The molecule has 32 heavy (non-hydrogen) atoms. The highest BCUT2D eigenvalue weighted by molar-refractivity contribution is 7.92. The van der Waals surface area contributed by atoms with Crippen LogP contribution < -0.4 is 9.04 Å². The van der Waals surface area contributed by atoms with Crippen LogP contribution in [0.15, 0.2) is 53.4 Å². The van der Waals surface area contributed by atoms with Crippen molar-refractivity contribution in [2.24, 2.45) is 0 Å². The van der Waals surface area contributed by atoms with Gasteiger partial charge in [-0.1, -0.05) is 44.4 Å². The lowest BCUT2D eigenvalue weighted by Crippen LogP contribution is -2.43. The predicted octanol–water partition coefficient (Wildman–Crippen LogP) is 4.46. The van der Waals surface area contributed by atoms with Crippen LogP contribution in [0.2, 0.25) is 0 Å². The lowest BCUT2D eigenvalue weighted by atomic mass is 10.2. The van der Waals surface area contributed by atoms with Gasteiger partial charge in [0.2, 0.25) is 0 Å². The zero-order chi connectivity index (χ0) is 23.6. The normalized spacial score (nSPS) is 12.7. The van der Waals surface area contributed by atoms with Gasteiger partial charge in [-0.25, -0.2) is 8.42 Å². The van der Waals surface area contributed by atoms with Gasteiger partial charge in [0.15, 0.2) is 0 Å². The summed E-state index contributed by atoms with van der Waals surface area (Å²) in [6.07, 6.45) is 3.46. The highest BCUT2D eigenvalue weighted by atomic mass is 32.2. The summed E-state index contributed by atoms with van der Waals surface area (Å²) in [5.74, 6) is 0.646. The molecule has 1 N–H and O–H groups in total. The zero-order valence-electron chi connectivity index (χ0n) is 19.8. The van der Waals surface area contributed by atoms with Crippen molar-refractivity contribution in [3.63, 3.8) is 0 Å². The zero-order valence-corrected chi connectivity index (χ0v) is 20.6. The number of aryl methyl sites for hydroxylation is 1. The molecule has 1 atom stereocenters. The van der Waals surface area contributed by atoms with Gasteiger partial charge in [0.05, 0.1) is 30.3 Å². The summed E-state index contributed by atoms with van der Waals surface area (Å²) < 4.78 is 33.6. The first kappa shape index (κ1) is 26.2. The van der Waals surface area contributed by atoms with E-state index in [1.54, 1.807) is 55.6 Å². The van der Waals surface area contributed by atoms with Crippen LogP contribution in [0.4, 0.5) is 5.69 Å². The van der Waals surface area contributed by atoms with E-state index >= 15 is 0 Å². The van der Waals surface area contributed by atoms with E-state index in [4.69, 9.17) is 4.74 Å². The molecule has 0 aromatic heterocycles. The smallest absolute Gasteiger partial charge is 0.264 e. The second kappa shape index (κ2) is 12.8. The molecule has 0 saturated heterocycles. The molecule has 2 rings (SSSR count). The van der Waals surface area contributed by atoms with Crippen LogP contribution in [0.25, 0.3) is 0 Å². The summed E-state index contributed by atoms with van der Waals surface area (Å²) in [7, 11) is -2.27. The molecule has 2 aromatic rings. The van der Waals surface area contributed by atoms with E-state index in [-0.39, 0.29) is 11.4 Å². The third-order valence-electron chi connectivity index (χ3n) is 5.47. The Hall–Kier alpha value is -2.09. The number of nitrogens with zero attached hydrogens (tertiary/aromatic N) is 2. The molecular weight excluding hydrogens is 424 g/mol. The SMILES string of the molecule is CCCCN(CCCC)CC(O)CN(c1ccc(OC)cc1)S(=O)(=O)c1ccc(C)cc1. The van der Waals surface area contributed by atoms with E-state index in [0.717, 1.165) is 44.3 Å². The Kier molecular flexibility index (Phi) is 10.5. The molecule has 0 bridgehead atoms. The second-order valence-corrected chi connectivity index (χ2v) is 10.1. The van der Waals surface area contributed by atoms with Crippen LogP contribution in [-0.2, 0) is 10.0 Å². The molecule has 0 spiro atoms. The van der Waals surface area contributed by atoms with Crippen LogP contribution in [0.1, 0.15) is 45.1 Å². The van der Waals surface area contributed by atoms with Gasteiger partial charge in [0.1, 0.15) is 5.75 Å². The standard InChI is InChI=1S/C25H38N2O4S/c1-5-7-17-26(18-8-6-2)19-23(28)20-27(22-11-13-24(31-4)14-12-22)32(29,30)25-15-9-21(3)10-16-25/h9-16,23,28H,5-8,17-20H2,1-4H3. The van der Waals surface area contributed by atoms with Gasteiger partial charge in [-0.3, -0.25) is 4.31 Å². The van der Waals surface area contributed by atoms with Gasteiger partial charge in [0, 0.05) is 6.54 Å². The molecule has 0 amide bonds. The Bertz CT molecular complexity index is 891. The number of ether oxygens (including phenoxy) is 1. The largest absolute Gasteiger partial charge is 0.497 e. The minimum atomic E-state index is -3.84. The minimum absolute atomic E-state index is 0.0166. The molecule has 2 aromatic carbocycles. The number of unbranched alkanes of at least 4 members (excludes halogenated alkanes) is 2. The van der Waals surface area contributed by atoms with E-state index in [1.807, 2.05) is 6.92 Å². The van der Waals surface area contributed by atoms with Crippen molar-refractivity contribution < 1.29 is 18.3 Å². The number of hydrogen-bond donors (Lipinski definition) is 1. The summed E-state index contributed by atoms with van der Waals surface area (Å²) in [4.78, 5) is 2.45. The Balaban J connectivity index is 2.30. The molecule has 0 aliphatic heterocycles. The van der Waals surface area contributed by atoms with Crippen LogP contribution in [0.5, 0.6) is 5.75 Å². The first-order valence-corrected chi connectivity index (χ1v) is 12.9. The van der Waals surface area contributed by atoms with Gasteiger partial charge in [-0.15, -0.1) is 0 Å². The fourth-order valence-electron chi connectivity index (χ4n) is 3.53. The van der Waals surface area contributed by atoms with Gasteiger partial charge < -0.3 is 14.7 Å². The highest BCUT2D eigenvalue weighted by Gasteiger charge is 2.28. The Labute approximate surface area is 193 Å².